The summed E-state index contributed by atoms with van der Waals surface area (Å²) in [5.41, 5.74) is 0.981. The molecule has 0 aliphatic heterocycles. The molecular weight excluding hydrogens is 386 g/mol. The van der Waals surface area contributed by atoms with Crippen LogP contribution in [-0.2, 0) is 14.3 Å². The maximum Gasteiger partial charge on any atom is 0.347 e. The van der Waals surface area contributed by atoms with E-state index in [-0.39, 0.29) is 18.6 Å². The molecule has 0 fully saturated rings. The van der Waals surface area contributed by atoms with Crippen LogP contribution in [0.5, 0.6) is 5.75 Å². The van der Waals surface area contributed by atoms with Gasteiger partial charge in [-0.1, -0.05) is 46.3 Å². The van der Waals surface area contributed by atoms with Crippen molar-refractivity contribution in [2.75, 3.05) is 6.61 Å². The van der Waals surface area contributed by atoms with Crippen molar-refractivity contribution in [3.8, 4) is 5.75 Å². The second kappa shape index (κ2) is 9.22. The van der Waals surface area contributed by atoms with Gasteiger partial charge in [-0.2, -0.15) is 0 Å². The number of benzene rings is 2. The SMILES string of the molecule is C[C@H](Oc1ccc(Br)cc1)C(=O)OCC(=O)N[C@@H](C)c1ccccc1. The van der Waals surface area contributed by atoms with E-state index in [9.17, 15) is 9.59 Å². The van der Waals surface area contributed by atoms with E-state index in [1.165, 1.54) is 0 Å². The highest BCUT2D eigenvalue weighted by molar-refractivity contribution is 9.10. The topological polar surface area (TPSA) is 64.6 Å². The van der Waals surface area contributed by atoms with Crippen molar-refractivity contribution in [1.82, 2.24) is 5.32 Å². The number of hydrogen-bond acceptors (Lipinski definition) is 4. The van der Waals surface area contributed by atoms with Gasteiger partial charge < -0.3 is 14.8 Å². The van der Waals surface area contributed by atoms with E-state index in [1.807, 2.05) is 49.4 Å². The molecule has 0 unspecified atom stereocenters. The zero-order chi connectivity index (χ0) is 18.2. The number of ether oxygens (including phenoxy) is 2. The predicted molar refractivity (Wildman–Crippen MR) is 98.2 cm³/mol. The first-order valence-electron chi connectivity index (χ1n) is 7.89. The Labute approximate surface area is 155 Å². The van der Waals surface area contributed by atoms with Crippen LogP contribution < -0.4 is 10.1 Å². The molecule has 0 saturated heterocycles. The summed E-state index contributed by atoms with van der Waals surface area (Å²) in [7, 11) is 0. The molecule has 0 aliphatic rings. The standard InChI is InChI=1S/C19H20BrNO4/c1-13(15-6-4-3-5-7-15)21-18(22)12-24-19(23)14(2)25-17-10-8-16(20)9-11-17/h3-11,13-14H,12H2,1-2H3,(H,21,22)/t13-,14-/m0/s1. The normalized spacial score (nSPS) is 12.8. The maximum atomic E-state index is 11.9. The van der Waals surface area contributed by atoms with Crippen molar-refractivity contribution in [2.45, 2.75) is 26.0 Å². The quantitative estimate of drug-likeness (QED) is 0.714. The Morgan fingerprint density at radius 1 is 1.04 bits per heavy atom. The minimum absolute atomic E-state index is 0.163. The minimum atomic E-state index is -0.805. The average Bonchev–Trinajstić information content (AvgIpc) is 2.62. The molecule has 0 heterocycles. The number of hydrogen-bond donors (Lipinski definition) is 1. The molecule has 0 aromatic heterocycles. The summed E-state index contributed by atoms with van der Waals surface area (Å²) < 4.78 is 11.4. The molecule has 1 amide bonds. The lowest BCUT2D eigenvalue weighted by molar-refractivity contribution is -0.154. The molecule has 0 bridgehead atoms. The molecule has 0 aliphatic carbocycles. The lowest BCUT2D eigenvalue weighted by Crippen LogP contribution is -2.34. The van der Waals surface area contributed by atoms with Crippen molar-refractivity contribution in [1.29, 1.82) is 0 Å². The zero-order valence-electron chi connectivity index (χ0n) is 14.1. The van der Waals surface area contributed by atoms with E-state index in [1.54, 1.807) is 19.1 Å². The van der Waals surface area contributed by atoms with Crippen molar-refractivity contribution in [3.63, 3.8) is 0 Å². The molecule has 2 atom stereocenters. The van der Waals surface area contributed by atoms with Crippen LogP contribution in [0.1, 0.15) is 25.5 Å². The second-order valence-electron chi connectivity index (χ2n) is 5.52. The molecule has 132 valence electrons. The summed E-state index contributed by atoms with van der Waals surface area (Å²) in [6, 6.07) is 16.5. The molecule has 0 saturated carbocycles. The van der Waals surface area contributed by atoms with Crippen LogP contribution >= 0.6 is 15.9 Å². The number of nitrogens with one attached hydrogen (secondary N) is 1. The average molecular weight is 406 g/mol. The lowest BCUT2D eigenvalue weighted by atomic mass is 10.1. The van der Waals surface area contributed by atoms with Crippen LogP contribution in [0.15, 0.2) is 59.1 Å². The highest BCUT2D eigenvalue weighted by Crippen LogP contribution is 2.17. The number of halogens is 1. The summed E-state index contributed by atoms with van der Waals surface area (Å²) in [6.07, 6.45) is -0.805. The van der Waals surface area contributed by atoms with Crippen molar-refractivity contribution in [2.24, 2.45) is 0 Å². The molecule has 1 N–H and O–H groups in total. The Morgan fingerprint density at radius 2 is 1.68 bits per heavy atom. The molecule has 2 rings (SSSR count). The largest absolute Gasteiger partial charge is 0.479 e. The Bertz CT molecular complexity index is 703. The van der Waals surface area contributed by atoms with E-state index < -0.39 is 12.1 Å². The number of carbonyl (C=O) groups is 2. The Hall–Kier alpha value is -2.34. The van der Waals surface area contributed by atoms with Crippen molar-refractivity contribution >= 4 is 27.8 Å². The Balaban J connectivity index is 1.76. The van der Waals surface area contributed by atoms with Crippen LogP contribution in [0.4, 0.5) is 0 Å². The summed E-state index contributed by atoms with van der Waals surface area (Å²) in [6.45, 7) is 3.10. The third-order valence-corrected chi connectivity index (χ3v) is 4.01. The van der Waals surface area contributed by atoms with E-state index in [2.05, 4.69) is 21.2 Å². The summed E-state index contributed by atoms with van der Waals surface area (Å²) >= 11 is 3.33. The van der Waals surface area contributed by atoms with Crippen LogP contribution in [-0.4, -0.2) is 24.6 Å². The zero-order valence-corrected chi connectivity index (χ0v) is 15.7. The Kier molecular flexibility index (Phi) is 7.01. The highest BCUT2D eigenvalue weighted by atomic mass is 79.9. The summed E-state index contributed by atoms with van der Waals surface area (Å²) in [4.78, 5) is 23.9. The van der Waals surface area contributed by atoms with Crippen LogP contribution in [0.25, 0.3) is 0 Å². The molecule has 2 aromatic carbocycles. The van der Waals surface area contributed by atoms with E-state index >= 15 is 0 Å². The van der Waals surface area contributed by atoms with Crippen molar-refractivity contribution in [3.05, 3.63) is 64.6 Å². The molecule has 2 aromatic rings. The summed E-state index contributed by atoms with van der Waals surface area (Å²) in [5.74, 6) is -0.402. The number of rotatable bonds is 7. The fourth-order valence-corrected chi connectivity index (χ4v) is 2.39. The first kappa shape index (κ1) is 19.0. The molecule has 5 nitrogen and oxygen atoms in total. The number of esters is 1. The van der Waals surface area contributed by atoms with Gasteiger partial charge in [0.25, 0.3) is 5.91 Å². The molecule has 25 heavy (non-hydrogen) atoms. The van der Waals surface area contributed by atoms with Gasteiger partial charge in [0.05, 0.1) is 6.04 Å². The third-order valence-electron chi connectivity index (χ3n) is 3.48. The van der Waals surface area contributed by atoms with Crippen molar-refractivity contribution < 1.29 is 19.1 Å². The van der Waals surface area contributed by atoms with Gasteiger partial charge in [0, 0.05) is 4.47 Å². The van der Waals surface area contributed by atoms with Gasteiger partial charge in [0.2, 0.25) is 0 Å². The molecule has 0 spiro atoms. The maximum absolute atomic E-state index is 11.9. The van der Waals surface area contributed by atoms with Gasteiger partial charge in [-0.15, -0.1) is 0 Å². The van der Waals surface area contributed by atoms with Gasteiger partial charge >= 0.3 is 5.97 Å². The van der Waals surface area contributed by atoms with Crippen LogP contribution in [0.2, 0.25) is 0 Å². The monoisotopic (exact) mass is 405 g/mol. The van der Waals surface area contributed by atoms with Gasteiger partial charge in [0.15, 0.2) is 12.7 Å². The fraction of sp³-hybridized carbons (Fsp3) is 0.263. The van der Waals surface area contributed by atoms with Crippen LogP contribution in [0.3, 0.4) is 0 Å². The fourth-order valence-electron chi connectivity index (χ4n) is 2.13. The third kappa shape index (κ3) is 6.23. The van der Waals surface area contributed by atoms with E-state index in [4.69, 9.17) is 9.47 Å². The predicted octanol–water partition coefficient (Wildman–Crippen LogP) is 3.64. The summed E-state index contributed by atoms with van der Waals surface area (Å²) in [5, 5.41) is 2.78. The first-order chi connectivity index (χ1) is 12.0. The van der Waals surface area contributed by atoms with Gasteiger partial charge in [0.1, 0.15) is 5.75 Å². The molecule has 6 heteroatoms. The minimum Gasteiger partial charge on any atom is -0.479 e. The lowest BCUT2D eigenvalue weighted by Gasteiger charge is -2.16. The molecule has 0 radical (unpaired) electrons. The van der Waals surface area contributed by atoms with Gasteiger partial charge in [-0.05, 0) is 43.7 Å². The van der Waals surface area contributed by atoms with Crippen LogP contribution in [0, 0.1) is 0 Å². The Morgan fingerprint density at radius 3 is 2.32 bits per heavy atom. The number of carbonyl (C=O) groups excluding carboxylic acids is 2. The molecular formula is C19H20BrNO4. The smallest absolute Gasteiger partial charge is 0.347 e. The van der Waals surface area contributed by atoms with E-state index in [0.717, 1.165) is 10.0 Å². The highest BCUT2D eigenvalue weighted by Gasteiger charge is 2.18. The number of amides is 1. The van der Waals surface area contributed by atoms with Gasteiger partial charge in [-0.25, -0.2) is 4.79 Å². The van der Waals surface area contributed by atoms with E-state index in [0.29, 0.717) is 5.75 Å². The first-order valence-corrected chi connectivity index (χ1v) is 8.68. The second-order valence-corrected chi connectivity index (χ2v) is 6.44. The van der Waals surface area contributed by atoms with Gasteiger partial charge in [-0.3, -0.25) is 4.79 Å².